The largest absolute Gasteiger partial charge is 0.480 e. The lowest BCUT2D eigenvalue weighted by atomic mass is 10.2. The molecule has 0 spiro atoms. The Balaban J connectivity index is 3.13. The van der Waals surface area contributed by atoms with Crippen LogP contribution in [0, 0.1) is 0 Å². The van der Waals surface area contributed by atoms with E-state index in [0.29, 0.717) is 72.6 Å². The number of amides is 1. The van der Waals surface area contributed by atoms with Crippen molar-refractivity contribution < 1.29 is 47.9 Å². The minimum Gasteiger partial charge on any atom is -0.480 e. The van der Waals surface area contributed by atoms with Gasteiger partial charge in [0.2, 0.25) is 0 Å². The Morgan fingerprint density at radius 2 is 1.03 bits per heavy atom. The minimum atomic E-state index is -0.998. The van der Waals surface area contributed by atoms with Gasteiger partial charge in [-0.2, -0.15) is 0 Å². The Labute approximate surface area is 178 Å². The summed E-state index contributed by atoms with van der Waals surface area (Å²) in [5.74, 6) is -0.998. The predicted octanol–water partition coefficient (Wildman–Crippen LogP) is 0.695. The highest BCUT2D eigenvalue weighted by molar-refractivity contribution is 5.68. The van der Waals surface area contributed by atoms with E-state index in [0.717, 1.165) is 0 Å². The smallest absolute Gasteiger partial charge is 0.407 e. The van der Waals surface area contributed by atoms with Crippen LogP contribution in [-0.2, 0) is 38.0 Å². The molecule has 0 aliphatic rings. The Hall–Kier alpha value is -1.50. The summed E-state index contributed by atoms with van der Waals surface area (Å²) in [5.41, 5.74) is -0.511. The van der Waals surface area contributed by atoms with Crippen LogP contribution in [0.4, 0.5) is 4.79 Å². The maximum atomic E-state index is 11.4. The van der Waals surface area contributed by atoms with E-state index in [1.54, 1.807) is 20.8 Å². The zero-order valence-corrected chi connectivity index (χ0v) is 18.3. The number of carbonyl (C=O) groups is 2. The first-order valence-electron chi connectivity index (χ1n) is 9.96. The average Bonchev–Trinajstić information content (AvgIpc) is 2.64. The van der Waals surface area contributed by atoms with Gasteiger partial charge in [-0.3, -0.25) is 0 Å². The number of hydrogen-bond donors (Lipinski definition) is 2. The first-order chi connectivity index (χ1) is 14.3. The van der Waals surface area contributed by atoms with Gasteiger partial charge in [-0.05, 0) is 20.8 Å². The van der Waals surface area contributed by atoms with Gasteiger partial charge >= 0.3 is 12.1 Å². The number of ether oxygens (including phenoxy) is 7. The topological polar surface area (TPSA) is 131 Å². The third-order valence-corrected chi connectivity index (χ3v) is 3.00. The van der Waals surface area contributed by atoms with Crippen LogP contribution in [0.2, 0.25) is 0 Å². The lowest BCUT2D eigenvalue weighted by Crippen LogP contribution is -2.34. The molecule has 0 rings (SSSR count). The highest BCUT2D eigenvalue weighted by atomic mass is 16.6. The summed E-state index contributed by atoms with van der Waals surface area (Å²) in [5, 5.41) is 11.0. The van der Waals surface area contributed by atoms with Gasteiger partial charge in [-0.1, -0.05) is 0 Å². The highest BCUT2D eigenvalue weighted by Gasteiger charge is 2.15. The number of hydrogen-bond acceptors (Lipinski definition) is 9. The van der Waals surface area contributed by atoms with Crippen molar-refractivity contribution in [2.45, 2.75) is 26.4 Å². The second kappa shape index (κ2) is 19.5. The van der Waals surface area contributed by atoms with E-state index in [4.69, 9.17) is 38.3 Å². The fraction of sp³-hybridized carbons (Fsp3) is 0.895. The average molecular weight is 440 g/mol. The molecule has 1 amide bonds. The summed E-state index contributed by atoms with van der Waals surface area (Å²) in [6.45, 7) is 9.96. The molecule has 11 nitrogen and oxygen atoms in total. The second-order valence-corrected chi connectivity index (χ2v) is 6.94. The van der Waals surface area contributed by atoms with Crippen LogP contribution in [0.3, 0.4) is 0 Å². The molecular formula is C19H37NO10. The quantitative estimate of drug-likeness (QED) is 0.261. The van der Waals surface area contributed by atoms with E-state index >= 15 is 0 Å². The van der Waals surface area contributed by atoms with Crippen molar-refractivity contribution in [3.05, 3.63) is 0 Å². The van der Waals surface area contributed by atoms with Gasteiger partial charge in [-0.25, -0.2) is 9.59 Å². The van der Waals surface area contributed by atoms with Crippen molar-refractivity contribution in [2.24, 2.45) is 0 Å². The predicted molar refractivity (Wildman–Crippen MR) is 107 cm³/mol. The molecule has 0 aliphatic carbocycles. The summed E-state index contributed by atoms with van der Waals surface area (Å²) >= 11 is 0. The van der Waals surface area contributed by atoms with Crippen LogP contribution in [0.5, 0.6) is 0 Å². The van der Waals surface area contributed by atoms with E-state index in [-0.39, 0.29) is 13.2 Å². The lowest BCUT2D eigenvalue weighted by molar-refractivity contribution is -0.142. The number of rotatable bonds is 20. The summed E-state index contributed by atoms with van der Waals surface area (Å²) in [6, 6.07) is 0. The molecule has 0 saturated carbocycles. The molecule has 2 N–H and O–H groups in total. The van der Waals surface area contributed by atoms with Crippen LogP contribution >= 0.6 is 0 Å². The summed E-state index contributed by atoms with van der Waals surface area (Å²) in [6.07, 6.45) is -0.460. The Morgan fingerprint density at radius 3 is 1.40 bits per heavy atom. The standard InChI is InChI=1S/C19H37NO10/c1-19(2,3)30-18(23)20-4-5-24-6-7-25-8-9-26-10-11-27-12-13-28-14-15-29-16-17(21)22/h4-16H2,1-3H3,(H,20,23)(H,21,22). The summed E-state index contributed by atoms with van der Waals surface area (Å²) < 4.78 is 36.5. The molecule has 0 aromatic rings. The van der Waals surface area contributed by atoms with Crippen molar-refractivity contribution in [3.63, 3.8) is 0 Å². The number of aliphatic carboxylic acids is 1. The molecule has 11 heteroatoms. The molecular weight excluding hydrogens is 402 g/mol. The number of carboxylic acids is 1. The van der Waals surface area contributed by atoms with Gasteiger partial charge in [0.15, 0.2) is 0 Å². The highest BCUT2D eigenvalue weighted by Crippen LogP contribution is 2.05. The molecule has 0 aromatic heterocycles. The number of carboxylic acid groups (broad SMARTS) is 1. The second-order valence-electron chi connectivity index (χ2n) is 6.94. The van der Waals surface area contributed by atoms with E-state index in [1.165, 1.54) is 0 Å². The maximum absolute atomic E-state index is 11.4. The number of carbonyl (C=O) groups excluding carboxylic acids is 1. The van der Waals surface area contributed by atoms with E-state index in [1.807, 2.05) is 0 Å². The maximum Gasteiger partial charge on any atom is 0.407 e. The fourth-order valence-corrected chi connectivity index (χ4v) is 1.80. The summed E-state index contributed by atoms with van der Waals surface area (Å²) in [4.78, 5) is 21.6. The molecule has 0 atom stereocenters. The molecule has 0 radical (unpaired) electrons. The van der Waals surface area contributed by atoms with Crippen LogP contribution in [0.15, 0.2) is 0 Å². The van der Waals surface area contributed by atoms with Crippen molar-refractivity contribution in [2.75, 3.05) is 85.8 Å². The van der Waals surface area contributed by atoms with Crippen LogP contribution in [-0.4, -0.2) is 109 Å². The molecule has 30 heavy (non-hydrogen) atoms. The summed E-state index contributed by atoms with van der Waals surface area (Å²) in [7, 11) is 0. The molecule has 0 saturated heterocycles. The van der Waals surface area contributed by atoms with Crippen LogP contribution in [0.1, 0.15) is 20.8 Å². The zero-order valence-electron chi connectivity index (χ0n) is 18.3. The van der Waals surface area contributed by atoms with Crippen molar-refractivity contribution in [3.8, 4) is 0 Å². The molecule has 0 fully saturated rings. The Morgan fingerprint density at radius 1 is 0.667 bits per heavy atom. The van der Waals surface area contributed by atoms with E-state index < -0.39 is 17.7 Å². The number of alkyl carbamates (subject to hydrolysis) is 1. The normalized spacial score (nSPS) is 11.4. The Bertz CT molecular complexity index is 428. The third-order valence-electron chi connectivity index (χ3n) is 3.00. The van der Waals surface area contributed by atoms with Gasteiger partial charge in [0.25, 0.3) is 0 Å². The van der Waals surface area contributed by atoms with Gasteiger partial charge in [0.05, 0.1) is 72.7 Å². The number of nitrogens with one attached hydrogen (secondary N) is 1. The van der Waals surface area contributed by atoms with E-state index in [9.17, 15) is 9.59 Å². The molecule has 0 heterocycles. The monoisotopic (exact) mass is 439 g/mol. The first kappa shape index (κ1) is 28.5. The van der Waals surface area contributed by atoms with E-state index in [2.05, 4.69) is 5.32 Å². The zero-order chi connectivity index (χ0) is 22.5. The molecule has 178 valence electrons. The Kier molecular flexibility index (Phi) is 18.5. The molecule has 0 aromatic carbocycles. The minimum absolute atomic E-state index is 0.240. The van der Waals surface area contributed by atoms with Crippen LogP contribution < -0.4 is 5.32 Å². The van der Waals surface area contributed by atoms with Crippen molar-refractivity contribution in [1.29, 1.82) is 0 Å². The van der Waals surface area contributed by atoms with Crippen molar-refractivity contribution >= 4 is 12.1 Å². The lowest BCUT2D eigenvalue weighted by Gasteiger charge is -2.19. The third kappa shape index (κ3) is 24.5. The SMILES string of the molecule is CC(C)(C)OC(=O)NCCOCCOCCOCCOCCOCCOCC(=O)O. The van der Waals surface area contributed by atoms with Crippen LogP contribution in [0.25, 0.3) is 0 Å². The van der Waals surface area contributed by atoms with Gasteiger partial charge in [0.1, 0.15) is 12.2 Å². The first-order valence-corrected chi connectivity index (χ1v) is 9.96. The fourth-order valence-electron chi connectivity index (χ4n) is 1.80. The molecule has 0 aliphatic heterocycles. The van der Waals surface area contributed by atoms with Gasteiger partial charge in [0, 0.05) is 6.54 Å². The van der Waals surface area contributed by atoms with Gasteiger partial charge in [-0.15, -0.1) is 0 Å². The molecule has 0 bridgehead atoms. The van der Waals surface area contributed by atoms with Gasteiger partial charge < -0.3 is 43.6 Å². The van der Waals surface area contributed by atoms with Crippen molar-refractivity contribution in [1.82, 2.24) is 5.32 Å². The molecule has 0 unspecified atom stereocenters.